The fourth-order valence-electron chi connectivity index (χ4n) is 1.81. The first-order valence-electron chi connectivity index (χ1n) is 5.99. The van der Waals surface area contributed by atoms with Crippen molar-refractivity contribution < 1.29 is 4.79 Å². The molecule has 0 aliphatic carbocycles. The van der Waals surface area contributed by atoms with Crippen molar-refractivity contribution in [3.8, 4) is 0 Å². The van der Waals surface area contributed by atoms with Crippen LogP contribution in [0, 0.1) is 13.8 Å². The molecule has 98 valence electrons. The summed E-state index contributed by atoms with van der Waals surface area (Å²) in [5.74, 6) is 0.559. The van der Waals surface area contributed by atoms with Gasteiger partial charge in [-0.15, -0.1) is 0 Å². The Hall–Kier alpha value is -2.43. The number of rotatable bonds is 3. The molecule has 1 aromatic heterocycles. The van der Waals surface area contributed by atoms with Crippen LogP contribution in [0.1, 0.15) is 27.4 Å². The molecule has 1 amide bonds. The Kier molecular flexibility index (Phi) is 3.75. The third-order valence-corrected chi connectivity index (χ3v) is 2.76. The molecule has 0 saturated carbocycles. The summed E-state index contributed by atoms with van der Waals surface area (Å²) in [4.78, 5) is 20.3. The van der Waals surface area contributed by atoms with Gasteiger partial charge in [-0.25, -0.2) is 9.97 Å². The number of hydrogen-bond acceptors (Lipinski definition) is 4. The second-order valence-electron chi connectivity index (χ2n) is 4.35. The molecule has 0 radical (unpaired) electrons. The number of nitrogen functional groups attached to an aromatic ring is 1. The Morgan fingerprint density at radius 3 is 2.79 bits per heavy atom. The summed E-state index contributed by atoms with van der Waals surface area (Å²) in [6, 6.07) is 7.01. The molecule has 5 nitrogen and oxygen atoms in total. The average molecular weight is 256 g/mol. The van der Waals surface area contributed by atoms with Crippen molar-refractivity contribution in [2.45, 2.75) is 20.4 Å². The van der Waals surface area contributed by atoms with Gasteiger partial charge in [-0.05, 0) is 43.7 Å². The van der Waals surface area contributed by atoms with E-state index < -0.39 is 0 Å². The van der Waals surface area contributed by atoms with E-state index in [0.29, 0.717) is 23.6 Å². The summed E-state index contributed by atoms with van der Waals surface area (Å²) in [6.45, 7) is 4.06. The Bertz CT molecular complexity index is 610. The van der Waals surface area contributed by atoms with E-state index in [9.17, 15) is 4.79 Å². The topological polar surface area (TPSA) is 80.9 Å². The lowest BCUT2D eigenvalue weighted by atomic mass is 10.1. The van der Waals surface area contributed by atoms with Gasteiger partial charge in [-0.1, -0.05) is 0 Å². The second-order valence-corrected chi connectivity index (χ2v) is 4.35. The van der Waals surface area contributed by atoms with E-state index in [-0.39, 0.29) is 5.91 Å². The summed E-state index contributed by atoms with van der Waals surface area (Å²) in [7, 11) is 0. The minimum atomic E-state index is -0.131. The molecular formula is C14H16N4O. The van der Waals surface area contributed by atoms with E-state index in [1.54, 1.807) is 30.5 Å². The van der Waals surface area contributed by atoms with Gasteiger partial charge in [-0.2, -0.15) is 0 Å². The standard InChI is InChI=1S/C14H16N4O/c1-9-7-11(15)3-4-13(9)14(19)17-8-12-5-6-16-10(2)18-12/h3-7H,8,15H2,1-2H3,(H,17,19). The van der Waals surface area contributed by atoms with Gasteiger partial charge in [0.1, 0.15) is 5.82 Å². The fraction of sp³-hybridized carbons (Fsp3) is 0.214. The summed E-state index contributed by atoms with van der Waals surface area (Å²) in [6.07, 6.45) is 1.68. The molecule has 0 aliphatic heterocycles. The number of anilines is 1. The number of nitrogens with zero attached hydrogens (tertiary/aromatic N) is 2. The van der Waals surface area contributed by atoms with Gasteiger partial charge in [-0.3, -0.25) is 4.79 Å². The van der Waals surface area contributed by atoms with Crippen LogP contribution in [0.25, 0.3) is 0 Å². The molecule has 1 aromatic carbocycles. The highest BCUT2D eigenvalue weighted by Crippen LogP contribution is 2.12. The van der Waals surface area contributed by atoms with Gasteiger partial charge in [0.25, 0.3) is 5.91 Å². The van der Waals surface area contributed by atoms with Crippen LogP contribution in [-0.2, 0) is 6.54 Å². The number of carbonyl (C=O) groups is 1. The third-order valence-electron chi connectivity index (χ3n) is 2.76. The monoisotopic (exact) mass is 256 g/mol. The molecule has 0 atom stereocenters. The molecule has 0 aliphatic rings. The maximum Gasteiger partial charge on any atom is 0.251 e. The number of benzene rings is 1. The molecule has 0 bridgehead atoms. The molecule has 1 heterocycles. The highest BCUT2D eigenvalue weighted by molar-refractivity contribution is 5.95. The van der Waals surface area contributed by atoms with Crippen LogP contribution in [0.3, 0.4) is 0 Å². The van der Waals surface area contributed by atoms with Crippen LogP contribution in [-0.4, -0.2) is 15.9 Å². The van der Waals surface area contributed by atoms with Gasteiger partial charge < -0.3 is 11.1 Å². The molecule has 3 N–H and O–H groups in total. The molecule has 19 heavy (non-hydrogen) atoms. The SMILES string of the molecule is Cc1nccc(CNC(=O)c2ccc(N)cc2C)n1. The molecule has 0 saturated heterocycles. The Morgan fingerprint density at radius 2 is 2.11 bits per heavy atom. The number of hydrogen-bond donors (Lipinski definition) is 2. The number of amides is 1. The van der Waals surface area contributed by atoms with Crippen molar-refractivity contribution in [1.29, 1.82) is 0 Å². The summed E-state index contributed by atoms with van der Waals surface area (Å²) in [5.41, 5.74) is 8.58. The van der Waals surface area contributed by atoms with Crippen molar-refractivity contribution in [2.75, 3.05) is 5.73 Å². The van der Waals surface area contributed by atoms with Gasteiger partial charge in [0.05, 0.1) is 12.2 Å². The lowest BCUT2D eigenvalue weighted by Gasteiger charge is -2.08. The Morgan fingerprint density at radius 1 is 1.32 bits per heavy atom. The van der Waals surface area contributed by atoms with E-state index in [1.807, 2.05) is 13.8 Å². The van der Waals surface area contributed by atoms with Gasteiger partial charge in [0.15, 0.2) is 0 Å². The van der Waals surface area contributed by atoms with Gasteiger partial charge >= 0.3 is 0 Å². The lowest BCUT2D eigenvalue weighted by molar-refractivity contribution is 0.0950. The maximum absolute atomic E-state index is 12.0. The average Bonchev–Trinajstić information content (AvgIpc) is 2.36. The maximum atomic E-state index is 12.0. The van der Waals surface area contributed by atoms with E-state index in [4.69, 9.17) is 5.73 Å². The zero-order valence-corrected chi connectivity index (χ0v) is 11.0. The second kappa shape index (κ2) is 5.48. The van der Waals surface area contributed by atoms with Crippen LogP contribution >= 0.6 is 0 Å². The first-order chi connectivity index (χ1) is 9.06. The van der Waals surface area contributed by atoms with Crippen LogP contribution in [0.2, 0.25) is 0 Å². The smallest absolute Gasteiger partial charge is 0.251 e. The predicted molar refractivity (Wildman–Crippen MR) is 73.5 cm³/mol. The molecule has 0 unspecified atom stereocenters. The molecular weight excluding hydrogens is 240 g/mol. The number of nitrogens with two attached hydrogens (primary N) is 1. The van der Waals surface area contributed by atoms with Crippen molar-refractivity contribution in [1.82, 2.24) is 15.3 Å². The molecule has 2 aromatic rings. The zero-order valence-electron chi connectivity index (χ0n) is 11.0. The first kappa shape index (κ1) is 13.0. The lowest BCUT2D eigenvalue weighted by Crippen LogP contribution is -2.24. The molecule has 5 heteroatoms. The number of aromatic nitrogens is 2. The van der Waals surface area contributed by atoms with Crippen molar-refractivity contribution in [3.05, 3.63) is 53.1 Å². The van der Waals surface area contributed by atoms with Crippen molar-refractivity contribution >= 4 is 11.6 Å². The minimum Gasteiger partial charge on any atom is -0.399 e. The van der Waals surface area contributed by atoms with Crippen molar-refractivity contribution in [3.63, 3.8) is 0 Å². The highest BCUT2D eigenvalue weighted by atomic mass is 16.1. The largest absolute Gasteiger partial charge is 0.399 e. The summed E-state index contributed by atoms with van der Waals surface area (Å²) >= 11 is 0. The van der Waals surface area contributed by atoms with E-state index in [1.165, 1.54) is 0 Å². The molecule has 0 spiro atoms. The summed E-state index contributed by atoms with van der Waals surface area (Å²) < 4.78 is 0. The van der Waals surface area contributed by atoms with E-state index in [2.05, 4.69) is 15.3 Å². The van der Waals surface area contributed by atoms with Crippen LogP contribution in [0.15, 0.2) is 30.5 Å². The molecule has 0 fully saturated rings. The number of aryl methyl sites for hydroxylation is 2. The van der Waals surface area contributed by atoms with Crippen LogP contribution in [0.5, 0.6) is 0 Å². The normalized spacial score (nSPS) is 10.2. The van der Waals surface area contributed by atoms with E-state index in [0.717, 1.165) is 11.3 Å². The van der Waals surface area contributed by atoms with Gasteiger partial charge in [0.2, 0.25) is 0 Å². The quantitative estimate of drug-likeness (QED) is 0.817. The zero-order chi connectivity index (χ0) is 13.8. The predicted octanol–water partition coefficient (Wildman–Crippen LogP) is 1.61. The minimum absolute atomic E-state index is 0.131. The number of nitrogens with one attached hydrogen (secondary N) is 1. The summed E-state index contributed by atoms with van der Waals surface area (Å²) in [5, 5.41) is 2.83. The first-order valence-corrected chi connectivity index (χ1v) is 5.99. The van der Waals surface area contributed by atoms with Gasteiger partial charge in [0, 0.05) is 17.4 Å². The van der Waals surface area contributed by atoms with Crippen LogP contribution in [0.4, 0.5) is 5.69 Å². The van der Waals surface area contributed by atoms with Crippen LogP contribution < -0.4 is 11.1 Å². The fourth-order valence-corrected chi connectivity index (χ4v) is 1.81. The van der Waals surface area contributed by atoms with Crippen molar-refractivity contribution in [2.24, 2.45) is 0 Å². The Balaban J connectivity index is 2.05. The molecule has 2 rings (SSSR count). The number of carbonyl (C=O) groups excluding carboxylic acids is 1. The van der Waals surface area contributed by atoms with E-state index >= 15 is 0 Å². The highest BCUT2D eigenvalue weighted by Gasteiger charge is 2.09. The third kappa shape index (κ3) is 3.28. The Labute approximate surface area is 111 Å².